The van der Waals surface area contributed by atoms with Crippen molar-refractivity contribution >= 4 is 17.3 Å². The van der Waals surface area contributed by atoms with Crippen LogP contribution in [0.1, 0.15) is 13.8 Å². The fourth-order valence-corrected chi connectivity index (χ4v) is 2.10. The molecule has 4 nitrogen and oxygen atoms in total. The first-order chi connectivity index (χ1) is 10.1. The van der Waals surface area contributed by atoms with Gasteiger partial charge in [-0.15, -0.1) is 0 Å². The summed E-state index contributed by atoms with van der Waals surface area (Å²) < 4.78 is 5.53. The Kier molecular flexibility index (Phi) is 4.82. The lowest BCUT2D eigenvalue weighted by atomic mass is 10.2. The molecule has 1 amide bonds. The van der Waals surface area contributed by atoms with Crippen molar-refractivity contribution in [1.29, 1.82) is 0 Å². The number of ether oxygens (including phenoxy) is 1. The fraction of sp³-hybridized carbons (Fsp3) is 0.235. The van der Waals surface area contributed by atoms with Gasteiger partial charge in [0.1, 0.15) is 5.75 Å². The lowest BCUT2D eigenvalue weighted by molar-refractivity contribution is -0.120. The third-order valence-corrected chi connectivity index (χ3v) is 3.06. The highest BCUT2D eigenvalue weighted by atomic mass is 16.5. The fourth-order valence-electron chi connectivity index (χ4n) is 2.10. The summed E-state index contributed by atoms with van der Waals surface area (Å²) in [5.74, 6) is 0.558. The average Bonchev–Trinajstić information content (AvgIpc) is 2.47. The highest BCUT2D eigenvalue weighted by Crippen LogP contribution is 2.18. The summed E-state index contributed by atoms with van der Waals surface area (Å²) in [4.78, 5) is 14.1. The Morgan fingerprint density at radius 1 is 1.10 bits per heavy atom. The Bertz CT molecular complexity index is 579. The minimum absolute atomic E-state index is 0.00298. The van der Waals surface area contributed by atoms with E-state index < -0.39 is 0 Å². The summed E-state index contributed by atoms with van der Waals surface area (Å²) in [7, 11) is 0. The largest absolute Gasteiger partial charge is 0.484 e. The Hall–Kier alpha value is -2.49. The average molecular weight is 284 g/mol. The first kappa shape index (κ1) is 14.9. The van der Waals surface area contributed by atoms with E-state index in [0.717, 1.165) is 5.69 Å². The zero-order chi connectivity index (χ0) is 15.2. The first-order valence-electron chi connectivity index (χ1n) is 6.93. The second-order valence-electron chi connectivity index (χ2n) is 5.05. The van der Waals surface area contributed by atoms with Gasteiger partial charge in [0, 0.05) is 17.4 Å². The summed E-state index contributed by atoms with van der Waals surface area (Å²) in [6.07, 6.45) is 0. The van der Waals surface area contributed by atoms with E-state index in [9.17, 15) is 4.79 Å². The Labute approximate surface area is 125 Å². The van der Waals surface area contributed by atoms with Crippen LogP contribution in [0.2, 0.25) is 0 Å². The smallest absolute Gasteiger partial charge is 0.265 e. The van der Waals surface area contributed by atoms with Gasteiger partial charge in [0.2, 0.25) is 0 Å². The minimum Gasteiger partial charge on any atom is -0.484 e. The molecule has 0 bridgehead atoms. The number of nitrogen functional groups attached to an aromatic ring is 1. The SMILES string of the molecule is CC(C)N(C(=O)COc1ccc(N)cc1)c1ccccc1. The van der Waals surface area contributed by atoms with Crippen molar-refractivity contribution in [1.82, 2.24) is 0 Å². The lowest BCUT2D eigenvalue weighted by Crippen LogP contribution is -2.40. The zero-order valence-electron chi connectivity index (χ0n) is 12.3. The van der Waals surface area contributed by atoms with Crippen molar-refractivity contribution in [3.63, 3.8) is 0 Å². The number of anilines is 2. The second kappa shape index (κ2) is 6.79. The van der Waals surface area contributed by atoms with Gasteiger partial charge in [-0.2, -0.15) is 0 Å². The van der Waals surface area contributed by atoms with Gasteiger partial charge in [-0.05, 0) is 50.2 Å². The summed E-state index contributed by atoms with van der Waals surface area (Å²) in [6, 6.07) is 16.7. The molecule has 110 valence electrons. The molecule has 4 heteroatoms. The molecule has 0 saturated heterocycles. The molecule has 0 unspecified atom stereocenters. The number of hydrogen-bond acceptors (Lipinski definition) is 3. The van der Waals surface area contributed by atoms with E-state index in [1.54, 1.807) is 29.2 Å². The second-order valence-corrected chi connectivity index (χ2v) is 5.05. The van der Waals surface area contributed by atoms with Gasteiger partial charge < -0.3 is 15.4 Å². The third-order valence-electron chi connectivity index (χ3n) is 3.06. The summed E-state index contributed by atoms with van der Waals surface area (Å²) >= 11 is 0. The maximum atomic E-state index is 12.4. The van der Waals surface area contributed by atoms with E-state index >= 15 is 0 Å². The normalized spacial score (nSPS) is 10.4. The maximum absolute atomic E-state index is 12.4. The predicted octanol–water partition coefficient (Wildman–Crippen LogP) is 3.09. The molecule has 2 aromatic rings. The van der Waals surface area contributed by atoms with Crippen molar-refractivity contribution in [2.24, 2.45) is 0 Å². The van der Waals surface area contributed by atoms with Gasteiger partial charge in [-0.1, -0.05) is 18.2 Å². The maximum Gasteiger partial charge on any atom is 0.265 e. The molecule has 0 fully saturated rings. The number of para-hydroxylation sites is 1. The minimum atomic E-state index is -0.0759. The van der Waals surface area contributed by atoms with Crippen LogP contribution >= 0.6 is 0 Å². The van der Waals surface area contributed by atoms with Crippen LogP contribution in [0.4, 0.5) is 11.4 Å². The molecule has 2 N–H and O–H groups in total. The molecule has 0 aliphatic heterocycles. The molecule has 0 spiro atoms. The molecular weight excluding hydrogens is 264 g/mol. The Morgan fingerprint density at radius 2 is 1.71 bits per heavy atom. The molecule has 2 aromatic carbocycles. The van der Waals surface area contributed by atoms with E-state index in [0.29, 0.717) is 11.4 Å². The summed E-state index contributed by atoms with van der Waals surface area (Å²) in [5.41, 5.74) is 7.16. The lowest BCUT2D eigenvalue weighted by Gasteiger charge is -2.26. The van der Waals surface area contributed by atoms with Crippen molar-refractivity contribution in [2.45, 2.75) is 19.9 Å². The van der Waals surface area contributed by atoms with Gasteiger partial charge >= 0.3 is 0 Å². The Morgan fingerprint density at radius 3 is 2.29 bits per heavy atom. The van der Waals surface area contributed by atoms with Crippen LogP contribution in [-0.4, -0.2) is 18.6 Å². The van der Waals surface area contributed by atoms with E-state index in [4.69, 9.17) is 10.5 Å². The topological polar surface area (TPSA) is 55.6 Å². The molecule has 0 radical (unpaired) electrons. The monoisotopic (exact) mass is 284 g/mol. The van der Waals surface area contributed by atoms with Gasteiger partial charge in [-0.3, -0.25) is 4.79 Å². The van der Waals surface area contributed by atoms with E-state index in [2.05, 4.69) is 0 Å². The first-order valence-corrected chi connectivity index (χ1v) is 6.93. The van der Waals surface area contributed by atoms with Crippen LogP contribution in [-0.2, 0) is 4.79 Å². The van der Waals surface area contributed by atoms with Crippen LogP contribution in [0.3, 0.4) is 0 Å². The van der Waals surface area contributed by atoms with Crippen molar-refractivity contribution in [2.75, 3.05) is 17.2 Å². The van der Waals surface area contributed by atoms with Crippen molar-refractivity contribution in [3.05, 3.63) is 54.6 Å². The van der Waals surface area contributed by atoms with E-state index in [-0.39, 0.29) is 18.6 Å². The number of nitrogens with zero attached hydrogens (tertiary/aromatic N) is 1. The third kappa shape index (κ3) is 3.99. The molecule has 21 heavy (non-hydrogen) atoms. The van der Waals surface area contributed by atoms with Crippen LogP contribution in [0, 0.1) is 0 Å². The van der Waals surface area contributed by atoms with Crippen molar-refractivity contribution < 1.29 is 9.53 Å². The quantitative estimate of drug-likeness (QED) is 0.858. The highest BCUT2D eigenvalue weighted by Gasteiger charge is 2.19. The highest BCUT2D eigenvalue weighted by molar-refractivity contribution is 5.94. The number of nitrogens with two attached hydrogens (primary N) is 1. The molecular formula is C17H20N2O2. The van der Waals surface area contributed by atoms with Crippen LogP contribution < -0.4 is 15.4 Å². The van der Waals surface area contributed by atoms with Gasteiger partial charge in [-0.25, -0.2) is 0 Å². The van der Waals surface area contributed by atoms with Crippen LogP contribution in [0.25, 0.3) is 0 Å². The van der Waals surface area contributed by atoms with Crippen molar-refractivity contribution in [3.8, 4) is 5.75 Å². The van der Waals surface area contributed by atoms with Crippen LogP contribution in [0.5, 0.6) is 5.75 Å². The Balaban J connectivity index is 2.04. The molecule has 0 aliphatic rings. The van der Waals surface area contributed by atoms with Gasteiger partial charge in [0.05, 0.1) is 0 Å². The predicted molar refractivity (Wildman–Crippen MR) is 85.4 cm³/mol. The van der Waals surface area contributed by atoms with E-state index in [1.807, 2.05) is 44.2 Å². The number of carbonyl (C=O) groups excluding carboxylic acids is 1. The van der Waals surface area contributed by atoms with Crippen LogP contribution in [0.15, 0.2) is 54.6 Å². The van der Waals surface area contributed by atoms with E-state index in [1.165, 1.54) is 0 Å². The van der Waals surface area contributed by atoms with Gasteiger partial charge in [0.15, 0.2) is 6.61 Å². The standard InChI is InChI=1S/C17H20N2O2/c1-13(2)19(15-6-4-3-5-7-15)17(20)12-21-16-10-8-14(18)9-11-16/h3-11,13H,12,18H2,1-2H3. The number of amides is 1. The molecule has 0 saturated carbocycles. The number of rotatable bonds is 5. The van der Waals surface area contributed by atoms with Gasteiger partial charge in [0.25, 0.3) is 5.91 Å². The number of carbonyl (C=O) groups is 1. The molecule has 0 aromatic heterocycles. The summed E-state index contributed by atoms with van der Waals surface area (Å²) in [5, 5.41) is 0. The summed E-state index contributed by atoms with van der Waals surface area (Å²) in [6.45, 7) is 3.96. The molecule has 0 heterocycles. The molecule has 2 rings (SSSR count). The number of benzene rings is 2. The molecule has 0 atom stereocenters. The molecule has 0 aliphatic carbocycles. The zero-order valence-corrected chi connectivity index (χ0v) is 12.3. The number of hydrogen-bond donors (Lipinski definition) is 1.